The Labute approximate surface area is 179 Å². The Bertz CT molecular complexity index is 1220. The Hall–Kier alpha value is -4.19. The maximum absolute atomic E-state index is 11.8. The zero-order valence-electron chi connectivity index (χ0n) is 16.9. The number of nitrogens with one attached hydrogen (secondary N) is 1. The van der Waals surface area contributed by atoms with E-state index in [2.05, 4.69) is 10.3 Å². The Kier molecular flexibility index (Phi) is 5.89. The molecular weight excluding hydrogens is 390 g/mol. The molecule has 0 atom stereocenters. The molecule has 4 aromatic rings. The number of aryl methyl sites for hydroxylation is 1. The lowest BCUT2D eigenvalue weighted by molar-refractivity contribution is -0.132. The summed E-state index contributed by atoms with van der Waals surface area (Å²) in [5.41, 5.74) is 4.46. The average Bonchev–Trinajstić information content (AvgIpc) is 3.28. The topological polar surface area (TPSA) is 88.2 Å². The van der Waals surface area contributed by atoms with Crippen LogP contribution in [0.15, 0.2) is 89.3 Å². The third-order valence-corrected chi connectivity index (χ3v) is 4.69. The van der Waals surface area contributed by atoms with Crippen LogP contribution in [0.3, 0.4) is 0 Å². The first kappa shape index (κ1) is 20.1. The van der Waals surface area contributed by atoms with Crippen molar-refractivity contribution < 1.29 is 14.3 Å². The molecule has 0 aliphatic carbocycles. The first-order valence-corrected chi connectivity index (χ1v) is 9.81. The summed E-state index contributed by atoms with van der Waals surface area (Å²) in [6.45, 7) is 2.02. The second-order valence-corrected chi connectivity index (χ2v) is 7.09. The van der Waals surface area contributed by atoms with Gasteiger partial charge in [0.15, 0.2) is 5.82 Å². The summed E-state index contributed by atoms with van der Waals surface area (Å²) in [6, 6.07) is 21.3. The molecule has 0 aliphatic rings. The zero-order chi connectivity index (χ0) is 21.6. The number of aromatic nitrogens is 2. The van der Waals surface area contributed by atoms with Crippen LogP contribution in [0.1, 0.15) is 22.6 Å². The molecule has 154 valence electrons. The van der Waals surface area contributed by atoms with Gasteiger partial charge in [-0.2, -0.15) is 0 Å². The van der Waals surface area contributed by atoms with Gasteiger partial charge in [-0.05, 0) is 30.7 Å². The molecule has 0 saturated carbocycles. The highest BCUT2D eigenvalue weighted by Gasteiger charge is 2.15. The van der Waals surface area contributed by atoms with E-state index in [1.165, 1.54) is 12.3 Å². The van der Waals surface area contributed by atoms with Crippen LogP contribution >= 0.6 is 0 Å². The lowest BCUT2D eigenvalue weighted by atomic mass is 10.1. The summed E-state index contributed by atoms with van der Waals surface area (Å²) >= 11 is 0. The van der Waals surface area contributed by atoms with E-state index in [0.29, 0.717) is 23.7 Å². The van der Waals surface area contributed by atoms with Crippen LogP contribution in [0, 0.1) is 6.92 Å². The number of rotatable bonds is 7. The molecular formula is C25H21N3O3. The van der Waals surface area contributed by atoms with E-state index < -0.39 is 5.97 Å². The van der Waals surface area contributed by atoms with Gasteiger partial charge in [0, 0.05) is 18.1 Å². The highest BCUT2D eigenvalue weighted by molar-refractivity contribution is 5.95. The van der Waals surface area contributed by atoms with Crippen molar-refractivity contribution in [1.29, 1.82) is 0 Å². The van der Waals surface area contributed by atoms with Gasteiger partial charge in [-0.1, -0.05) is 54.1 Å². The van der Waals surface area contributed by atoms with Crippen molar-refractivity contribution in [1.82, 2.24) is 9.97 Å². The zero-order valence-corrected chi connectivity index (χ0v) is 16.9. The summed E-state index contributed by atoms with van der Waals surface area (Å²) in [4.78, 5) is 21.1. The Morgan fingerprint density at radius 2 is 1.94 bits per heavy atom. The molecule has 0 bridgehead atoms. The molecule has 0 unspecified atom stereocenters. The molecule has 0 radical (unpaired) electrons. The first-order valence-electron chi connectivity index (χ1n) is 9.81. The highest BCUT2D eigenvalue weighted by atomic mass is 16.4. The third-order valence-electron chi connectivity index (χ3n) is 4.69. The van der Waals surface area contributed by atoms with E-state index in [4.69, 9.17) is 9.40 Å². The van der Waals surface area contributed by atoms with E-state index in [1.807, 2.05) is 61.5 Å². The van der Waals surface area contributed by atoms with Crippen molar-refractivity contribution in [2.45, 2.75) is 13.3 Å². The summed E-state index contributed by atoms with van der Waals surface area (Å²) < 4.78 is 5.25. The summed E-state index contributed by atoms with van der Waals surface area (Å²) in [7, 11) is 0. The van der Waals surface area contributed by atoms with Gasteiger partial charge >= 0.3 is 5.97 Å². The molecule has 2 heterocycles. The molecule has 6 heteroatoms. The fourth-order valence-electron chi connectivity index (χ4n) is 3.18. The van der Waals surface area contributed by atoms with Crippen molar-refractivity contribution >= 4 is 17.9 Å². The molecule has 31 heavy (non-hydrogen) atoms. The minimum absolute atomic E-state index is 0.0538. The van der Waals surface area contributed by atoms with Crippen LogP contribution in [-0.4, -0.2) is 21.0 Å². The standard InChI is InChI=1S/C25H21N3O3/c1-17-7-5-10-19(13-17)23-16-26-24(21(27-23)14-18-8-3-2-4-9-18)28-22(25(29)30)15-20-11-6-12-31-20/h2-13,15-16H,14H2,1H3,(H,26,28)(H,29,30)/b22-15-. The molecule has 2 aromatic carbocycles. The van der Waals surface area contributed by atoms with E-state index in [-0.39, 0.29) is 5.70 Å². The lowest BCUT2D eigenvalue weighted by Gasteiger charge is -2.13. The van der Waals surface area contributed by atoms with Crippen LogP contribution in [0.5, 0.6) is 0 Å². The largest absolute Gasteiger partial charge is 0.477 e. The smallest absolute Gasteiger partial charge is 0.352 e. The molecule has 2 aromatic heterocycles. The van der Waals surface area contributed by atoms with Gasteiger partial charge in [-0.25, -0.2) is 14.8 Å². The summed E-state index contributed by atoms with van der Waals surface area (Å²) in [5.74, 6) is -0.300. The minimum atomic E-state index is -1.12. The minimum Gasteiger partial charge on any atom is -0.477 e. The number of furan rings is 1. The molecule has 0 aliphatic heterocycles. The van der Waals surface area contributed by atoms with Gasteiger partial charge in [-0.15, -0.1) is 0 Å². The second-order valence-electron chi connectivity index (χ2n) is 7.09. The number of carbonyl (C=O) groups is 1. The number of aliphatic carboxylic acids is 1. The van der Waals surface area contributed by atoms with Gasteiger partial charge in [0.25, 0.3) is 0 Å². The number of carboxylic acid groups (broad SMARTS) is 1. The van der Waals surface area contributed by atoms with Crippen LogP contribution in [0.4, 0.5) is 5.82 Å². The summed E-state index contributed by atoms with van der Waals surface area (Å²) in [6.07, 6.45) is 5.06. The SMILES string of the molecule is Cc1cccc(-c2cnc(N/C(=C\c3ccco3)C(=O)O)c(Cc3ccccc3)n2)c1. The molecule has 0 saturated heterocycles. The maximum atomic E-state index is 11.8. The van der Waals surface area contributed by atoms with Crippen LogP contribution in [-0.2, 0) is 11.2 Å². The predicted octanol–water partition coefficient (Wildman–Crippen LogP) is 5.17. The molecule has 6 nitrogen and oxygen atoms in total. The molecule has 4 rings (SSSR count). The highest BCUT2D eigenvalue weighted by Crippen LogP contribution is 2.24. The Morgan fingerprint density at radius 3 is 2.65 bits per heavy atom. The van der Waals surface area contributed by atoms with Gasteiger partial charge in [0.05, 0.1) is 23.8 Å². The average molecular weight is 411 g/mol. The van der Waals surface area contributed by atoms with Gasteiger partial charge < -0.3 is 14.8 Å². The third kappa shape index (κ3) is 5.05. The number of hydrogen-bond donors (Lipinski definition) is 2. The van der Waals surface area contributed by atoms with Crippen molar-refractivity contribution in [3.05, 3.63) is 107 Å². The van der Waals surface area contributed by atoms with E-state index >= 15 is 0 Å². The van der Waals surface area contributed by atoms with Gasteiger partial charge in [0.2, 0.25) is 0 Å². The Balaban J connectivity index is 1.74. The first-order chi connectivity index (χ1) is 15.1. The maximum Gasteiger partial charge on any atom is 0.352 e. The number of carboxylic acids is 1. The lowest BCUT2D eigenvalue weighted by Crippen LogP contribution is -2.14. The quantitative estimate of drug-likeness (QED) is 0.408. The van der Waals surface area contributed by atoms with Crippen LogP contribution in [0.2, 0.25) is 0 Å². The number of anilines is 1. The molecule has 0 fully saturated rings. The summed E-state index contributed by atoms with van der Waals surface area (Å²) in [5, 5.41) is 12.6. The Morgan fingerprint density at radius 1 is 1.10 bits per heavy atom. The number of nitrogens with zero attached hydrogens (tertiary/aromatic N) is 2. The number of hydrogen-bond acceptors (Lipinski definition) is 5. The monoisotopic (exact) mass is 411 g/mol. The fourth-order valence-corrected chi connectivity index (χ4v) is 3.18. The second kappa shape index (κ2) is 9.09. The normalized spacial score (nSPS) is 11.3. The molecule has 2 N–H and O–H groups in total. The number of benzene rings is 2. The van der Waals surface area contributed by atoms with Crippen molar-refractivity contribution in [2.75, 3.05) is 5.32 Å². The van der Waals surface area contributed by atoms with Gasteiger partial charge in [0.1, 0.15) is 11.5 Å². The van der Waals surface area contributed by atoms with Crippen LogP contribution < -0.4 is 5.32 Å². The van der Waals surface area contributed by atoms with E-state index in [9.17, 15) is 9.90 Å². The predicted molar refractivity (Wildman–Crippen MR) is 119 cm³/mol. The van der Waals surface area contributed by atoms with E-state index in [0.717, 1.165) is 22.4 Å². The fraction of sp³-hybridized carbons (Fsp3) is 0.0800. The van der Waals surface area contributed by atoms with Gasteiger partial charge in [-0.3, -0.25) is 0 Å². The van der Waals surface area contributed by atoms with E-state index in [1.54, 1.807) is 18.3 Å². The van der Waals surface area contributed by atoms with Crippen molar-refractivity contribution in [3.8, 4) is 11.3 Å². The molecule has 0 amide bonds. The van der Waals surface area contributed by atoms with Crippen molar-refractivity contribution in [2.24, 2.45) is 0 Å². The van der Waals surface area contributed by atoms with Crippen LogP contribution in [0.25, 0.3) is 17.3 Å². The van der Waals surface area contributed by atoms with Crippen molar-refractivity contribution in [3.63, 3.8) is 0 Å². The molecule has 0 spiro atoms.